The van der Waals surface area contributed by atoms with Crippen molar-refractivity contribution < 1.29 is 4.79 Å². The Morgan fingerprint density at radius 2 is 2.36 bits per heavy atom. The maximum Gasteiger partial charge on any atom is 0.230 e. The summed E-state index contributed by atoms with van der Waals surface area (Å²) < 4.78 is 1.89. The summed E-state index contributed by atoms with van der Waals surface area (Å²) in [6.07, 6.45) is 3.72. The van der Waals surface area contributed by atoms with Gasteiger partial charge in [0.25, 0.3) is 0 Å². The number of amides is 1. The maximum absolute atomic E-state index is 11.8. The molecule has 0 saturated heterocycles. The molecule has 1 atom stereocenters. The van der Waals surface area contributed by atoms with Crippen LogP contribution in [0.2, 0.25) is 0 Å². The molecule has 0 N–H and O–H groups in total. The molecule has 1 aliphatic rings. The number of anilines is 1. The van der Waals surface area contributed by atoms with Crippen LogP contribution in [0.5, 0.6) is 0 Å². The average Bonchev–Trinajstić information content (AvgIpc) is 2.62. The molecular formula is C10H15N3O. The Labute approximate surface area is 83.5 Å². The molecule has 2 heterocycles. The van der Waals surface area contributed by atoms with Crippen molar-refractivity contribution >= 4 is 11.7 Å². The second kappa shape index (κ2) is 3.44. The van der Waals surface area contributed by atoms with Crippen LogP contribution in [0.25, 0.3) is 0 Å². The van der Waals surface area contributed by atoms with Gasteiger partial charge in [0.2, 0.25) is 5.91 Å². The third-order valence-electron chi connectivity index (χ3n) is 2.80. The molecule has 0 fully saturated rings. The van der Waals surface area contributed by atoms with E-state index in [1.54, 1.807) is 11.1 Å². The Morgan fingerprint density at radius 1 is 1.57 bits per heavy atom. The summed E-state index contributed by atoms with van der Waals surface area (Å²) >= 11 is 0. The molecule has 1 amide bonds. The smallest absolute Gasteiger partial charge is 0.230 e. The molecule has 76 valence electrons. The molecule has 1 unspecified atom stereocenters. The molecule has 4 heteroatoms. The second-order valence-electron chi connectivity index (χ2n) is 3.85. The standard InChI is InChI=1S/C10H15N3O/c1-8-4-3-7-13-9(5-6-11-13)12(2)10(8)14/h5-6,8H,3-4,7H2,1-2H3. The first-order valence-electron chi connectivity index (χ1n) is 4.99. The van der Waals surface area contributed by atoms with Gasteiger partial charge in [-0.25, -0.2) is 4.68 Å². The van der Waals surface area contributed by atoms with Gasteiger partial charge in [-0.1, -0.05) is 6.92 Å². The van der Waals surface area contributed by atoms with E-state index >= 15 is 0 Å². The van der Waals surface area contributed by atoms with E-state index in [0.717, 1.165) is 25.2 Å². The Bertz CT molecular complexity index is 345. The molecular weight excluding hydrogens is 178 g/mol. The lowest BCUT2D eigenvalue weighted by Gasteiger charge is -2.24. The van der Waals surface area contributed by atoms with E-state index in [1.807, 2.05) is 24.7 Å². The summed E-state index contributed by atoms with van der Waals surface area (Å²) in [6, 6.07) is 1.88. The van der Waals surface area contributed by atoms with E-state index in [-0.39, 0.29) is 11.8 Å². The number of aromatic nitrogens is 2. The highest BCUT2D eigenvalue weighted by molar-refractivity contribution is 5.93. The quantitative estimate of drug-likeness (QED) is 0.622. The minimum absolute atomic E-state index is 0.128. The molecule has 0 bridgehead atoms. The number of fused-ring (bicyclic) bond motifs is 1. The van der Waals surface area contributed by atoms with E-state index in [1.165, 1.54) is 0 Å². The van der Waals surface area contributed by atoms with Crippen molar-refractivity contribution in [1.82, 2.24) is 9.78 Å². The Balaban J connectivity index is 2.35. The second-order valence-corrected chi connectivity index (χ2v) is 3.85. The molecule has 14 heavy (non-hydrogen) atoms. The largest absolute Gasteiger partial charge is 0.300 e. The summed E-state index contributed by atoms with van der Waals surface area (Å²) in [5, 5.41) is 4.19. The summed E-state index contributed by atoms with van der Waals surface area (Å²) in [4.78, 5) is 13.5. The molecule has 1 aliphatic heterocycles. The zero-order valence-electron chi connectivity index (χ0n) is 8.60. The van der Waals surface area contributed by atoms with Crippen LogP contribution < -0.4 is 4.90 Å². The molecule has 2 rings (SSSR count). The lowest BCUT2D eigenvalue weighted by Crippen LogP contribution is -2.35. The van der Waals surface area contributed by atoms with Gasteiger partial charge >= 0.3 is 0 Å². The van der Waals surface area contributed by atoms with Gasteiger partial charge in [-0.2, -0.15) is 5.10 Å². The first-order valence-corrected chi connectivity index (χ1v) is 4.99. The molecule has 1 aromatic rings. The van der Waals surface area contributed by atoms with E-state index < -0.39 is 0 Å². The van der Waals surface area contributed by atoms with E-state index in [2.05, 4.69) is 5.10 Å². The predicted octanol–water partition coefficient (Wildman–Crippen LogP) is 1.28. The van der Waals surface area contributed by atoms with Gasteiger partial charge in [-0.05, 0) is 12.8 Å². The van der Waals surface area contributed by atoms with Crippen molar-refractivity contribution in [3.05, 3.63) is 12.3 Å². The Kier molecular flexibility index (Phi) is 2.27. The predicted molar refractivity (Wildman–Crippen MR) is 54.0 cm³/mol. The molecule has 0 spiro atoms. The van der Waals surface area contributed by atoms with Gasteiger partial charge in [-0.3, -0.25) is 9.69 Å². The number of aryl methyl sites for hydroxylation is 1. The first-order chi connectivity index (χ1) is 6.70. The summed E-state index contributed by atoms with van der Waals surface area (Å²) in [7, 11) is 1.82. The van der Waals surface area contributed by atoms with Crippen LogP contribution in [0.4, 0.5) is 5.82 Å². The minimum atomic E-state index is 0.128. The maximum atomic E-state index is 11.8. The van der Waals surface area contributed by atoms with Gasteiger partial charge in [0.05, 0.1) is 6.20 Å². The summed E-state index contributed by atoms with van der Waals surface area (Å²) in [6.45, 7) is 2.90. The van der Waals surface area contributed by atoms with Crippen molar-refractivity contribution in [2.45, 2.75) is 26.3 Å². The number of hydrogen-bond donors (Lipinski definition) is 0. The molecule has 1 aromatic heterocycles. The molecule has 0 aromatic carbocycles. The summed E-state index contributed by atoms with van der Waals surface area (Å²) in [5.41, 5.74) is 0. The topological polar surface area (TPSA) is 38.1 Å². The number of carbonyl (C=O) groups is 1. The van der Waals surface area contributed by atoms with Crippen molar-refractivity contribution in [2.75, 3.05) is 11.9 Å². The van der Waals surface area contributed by atoms with Gasteiger partial charge in [-0.15, -0.1) is 0 Å². The molecule has 0 saturated carbocycles. The highest BCUT2D eigenvalue weighted by Crippen LogP contribution is 2.21. The zero-order valence-corrected chi connectivity index (χ0v) is 8.60. The Hall–Kier alpha value is -1.32. The van der Waals surface area contributed by atoms with Crippen LogP contribution in [0.15, 0.2) is 12.3 Å². The van der Waals surface area contributed by atoms with E-state index in [0.29, 0.717) is 0 Å². The average molecular weight is 193 g/mol. The van der Waals surface area contributed by atoms with Crippen LogP contribution in [-0.4, -0.2) is 22.7 Å². The molecule has 0 aliphatic carbocycles. The van der Waals surface area contributed by atoms with E-state index in [4.69, 9.17) is 0 Å². The SMILES string of the molecule is CC1CCCn2nccc2N(C)C1=O. The third-order valence-corrected chi connectivity index (χ3v) is 2.80. The fourth-order valence-electron chi connectivity index (χ4n) is 1.90. The van der Waals surface area contributed by atoms with E-state index in [9.17, 15) is 4.79 Å². The first kappa shape index (κ1) is 9.24. The van der Waals surface area contributed by atoms with Gasteiger partial charge in [0.1, 0.15) is 5.82 Å². The van der Waals surface area contributed by atoms with Crippen LogP contribution in [0.3, 0.4) is 0 Å². The van der Waals surface area contributed by atoms with Crippen molar-refractivity contribution in [2.24, 2.45) is 5.92 Å². The lowest BCUT2D eigenvalue weighted by molar-refractivity contribution is -0.122. The van der Waals surface area contributed by atoms with Crippen LogP contribution in [-0.2, 0) is 11.3 Å². The van der Waals surface area contributed by atoms with Crippen molar-refractivity contribution in [1.29, 1.82) is 0 Å². The third kappa shape index (κ3) is 1.41. The monoisotopic (exact) mass is 193 g/mol. The van der Waals surface area contributed by atoms with Gasteiger partial charge in [0, 0.05) is 25.6 Å². The zero-order chi connectivity index (χ0) is 10.1. The number of nitrogens with zero attached hydrogens (tertiary/aromatic N) is 3. The molecule has 4 nitrogen and oxygen atoms in total. The van der Waals surface area contributed by atoms with Gasteiger partial charge < -0.3 is 0 Å². The number of carbonyl (C=O) groups excluding carboxylic acids is 1. The normalized spacial score (nSPS) is 22.9. The summed E-state index contributed by atoms with van der Waals surface area (Å²) in [5.74, 6) is 1.22. The van der Waals surface area contributed by atoms with Crippen LogP contribution >= 0.6 is 0 Å². The van der Waals surface area contributed by atoms with Crippen LogP contribution in [0.1, 0.15) is 19.8 Å². The fourth-order valence-corrected chi connectivity index (χ4v) is 1.90. The number of hydrogen-bond acceptors (Lipinski definition) is 2. The Morgan fingerprint density at radius 3 is 3.14 bits per heavy atom. The van der Waals surface area contributed by atoms with Crippen LogP contribution in [0, 0.1) is 5.92 Å². The minimum Gasteiger partial charge on any atom is -0.300 e. The highest BCUT2D eigenvalue weighted by Gasteiger charge is 2.23. The van der Waals surface area contributed by atoms with Crippen molar-refractivity contribution in [3.8, 4) is 0 Å². The van der Waals surface area contributed by atoms with Gasteiger partial charge in [0.15, 0.2) is 0 Å². The fraction of sp³-hybridized carbons (Fsp3) is 0.600. The van der Waals surface area contributed by atoms with Crippen molar-refractivity contribution in [3.63, 3.8) is 0 Å². The molecule has 0 radical (unpaired) electrons. The number of rotatable bonds is 0. The lowest BCUT2D eigenvalue weighted by atomic mass is 10.0. The highest BCUT2D eigenvalue weighted by atomic mass is 16.2.